The molecule has 0 unspecified atom stereocenters. The summed E-state index contributed by atoms with van der Waals surface area (Å²) in [5.74, 6) is 1.80. The molecular weight excluding hydrogens is 300 g/mol. The molecule has 7 heteroatoms. The Morgan fingerprint density at radius 2 is 2.05 bits per heavy atom. The van der Waals surface area contributed by atoms with Crippen LogP contribution in [-0.2, 0) is 16.4 Å². The van der Waals surface area contributed by atoms with Crippen LogP contribution < -0.4 is 5.32 Å². The lowest BCUT2D eigenvalue weighted by Gasteiger charge is -2.24. The molecule has 1 aliphatic rings. The zero-order valence-electron chi connectivity index (χ0n) is 11.1. The highest BCUT2D eigenvalue weighted by Gasteiger charge is 2.27. The Labute approximate surface area is 123 Å². The molecule has 108 valence electrons. The van der Waals surface area contributed by atoms with Crippen molar-refractivity contribution in [1.29, 1.82) is 0 Å². The average Bonchev–Trinajstić information content (AvgIpc) is 2.90. The SMILES string of the molecule is CCNCCc1ccc(S(=O)(=O)N2CCSCC2)s1. The molecule has 0 bridgehead atoms. The fourth-order valence-electron chi connectivity index (χ4n) is 1.93. The molecule has 1 N–H and O–H groups in total. The Kier molecular flexibility index (Phi) is 5.70. The molecule has 0 atom stereocenters. The lowest BCUT2D eigenvalue weighted by atomic mass is 10.3. The lowest BCUT2D eigenvalue weighted by molar-refractivity contribution is 0.445. The first-order valence-corrected chi connectivity index (χ1v) is 9.93. The first kappa shape index (κ1) is 15.3. The first-order chi connectivity index (χ1) is 9.14. The van der Waals surface area contributed by atoms with Crippen LogP contribution in [-0.4, -0.2) is 50.4 Å². The summed E-state index contributed by atoms with van der Waals surface area (Å²) < 4.78 is 27.0. The molecule has 0 aliphatic carbocycles. The van der Waals surface area contributed by atoms with E-state index in [1.54, 1.807) is 10.4 Å². The second-order valence-corrected chi connectivity index (χ2v) is 8.90. The smallest absolute Gasteiger partial charge is 0.252 e. The summed E-state index contributed by atoms with van der Waals surface area (Å²) >= 11 is 3.23. The Bertz CT molecular complexity index is 493. The van der Waals surface area contributed by atoms with Gasteiger partial charge in [0.1, 0.15) is 4.21 Å². The zero-order valence-corrected chi connectivity index (χ0v) is 13.5. The van der Waals surface area contributed by atoms with Crippen molar-refractivity contribution in [2.45, 2.75) is 17.6 Å². The number of hydrogen-bond donors (Lipinski definition) is 1. The van der Waals surface area contributed by atoms with E-state index in [-0.39, 0.29) is 0 Å². The number of nitrogens with zero attached hydrogens (tertiary/aromatic N) is 1. The van der Waals surface area contributed by atoms with Gasteiger partial charge in [-0.15, -0.1) is 11.3 Å². The van der Waals surface area contributed by atoms with Crippen molar-refractivity contribution in [3.05, 3.63) is 17.0 Å². The van der Waals surface area contributed by atoms with Crippen molar-refractivity contribution < 1.29 is 8.42 Å². The number of nitrogens with one attached hydrogen (secondary N) is 1. The highest BCUT2D eigenvalue weighted by atomic mass is 32.2. The Hall–Kier alpha value is -0.0800. The van der Waals surface area contributed by atoms with Crippen LogP contribution in [0.25, 0.3) is 0 Å². The molecule has 0 amide bonds. The van der Waals surface area contributed by atoms with Gasteiger partial charge in [-0.05, 0) is 31.6 Å². The predicted octanol–water partition coefficient (Wildman–Crippen LogP) is 1.64. The summed E-state index contributed by atoms with van der Waals surface area (Å²) in [7, 11) is -3.25. The van der Waals surface area contributed by atoms with Crippen molar-refractivity contribution in [3.63, 3.8) is 0 Å². The van der Waals surface area contributed by atoms with E-state index in [0.717, 1.165) is 35.9 Å². The average molecular weight is 321 g/mol. The Balaban J connectivity index is 2.03. The summed E-state index contributed by atoms with van der Waals surface area (Å²) in [6.07, 6.45) is 0.893. The molecule has 1 aromatic rings. The van der Waals surface area contributed by atoms with Crippen molar-refractivity contribution in [2.75, 3.05) is 37.7 Å². The second kappa shape index (κ2) is 7.08. The van der Waals surface area contributed by atoms with E-state index in [1.165, 1.54) is 11.3 Å². The van der Waals surface area contributed by atoms with Gasteiger partial charge in [-0.3, -0.25) is 0 Å². The minimum absolute atomic E-state index is 0.492. The molecule has 4 nitrogen and oxygen atoms in total. The van der Waals surface area contributed by atoms with E-state index in [0.29, 0.717) is 17.3 Å². The Morgan fingerprint density at radius 1 is 1.32 bits per heavy atom. The van der Waals surface area contributed by atoms with Gasteiger partial charge in [-0.25, -0.2) is 8.42 Å². The first-order valence-electron chi connectivity index (χ1n) is 6.52. The van der Waals surface area contributed by atoms with Gasteiger partial charge in [0.25, 0.3) is 10.0 Å². The van der Waals surface area contributed by atoms with Crippen LogP contribution >= 0.6 is 23.1 Å². The van der Waals surface area contributed by atoms with Crippen molar-refractivity contribution in [1.82, 2.24) is 9.62 Å². The van der Waals surface area contributed by atoms with Crippen molar-refractivity contribution >= 4 is 33.1 Å². The van der Waals surface area contributed by atoms with Gasteiger partial charge in [0.15, 0.2) is 0 Å². The third-order valence-corrected chi connectivity index (χ3v) is 7.45. The molecular formula is C12H20N2O2S3. The van der Waals surface area contributed by atoms with Crippen LogP contribution in [0.5, 0.6) is 0 Å². The van der Waals surface area contributed by atoms with E-state index < -0.39 is 10.0 Å². The molecule has 1 aromatic heterocycles. The monoisotopic (exact) mass is 320 g/mol. The molecule has 0 aromatic carbocycles. The number of thiophene rings is 1. The maximum atomic E-state index is 12.4. The summed E-state index contributed by atoms with van der Waals surface area (Å²) in [6.45, 7) is 5.19. The molecule has 1 fully saturated rings. The molecule has 0 saturated carbocycles. The van der Waals surface area contributed by atoms with Gasteiger partial charge >= 0.3 is 0 Å². The van der Waals surface area contributed by atoms with Gasteiger partial charge < -0.3 is 5.32 Å². The quantitative estimate of drug-likeness (QED) is 0.810. The Morgan fingerprint density at radius 3 is 2.74 bits per heavy atom. The normalized spacial score (nSPS) is 17.7. The van der Waals surface area contributed by atoms with Crippen molar-refractivity contribution in [2.24, 2.45) is 0 Å². The number of sulfonamides is 1. The van der Waals surface area contributed by atoms with Crippen LogP contribution in [0.15, 0.2) is 16.3 Å². The fraction of sp³-hybridized carbons (Fsp3) is 0.667. The summed E-state index contributed by atoms with van der Waals surface area (Å²) in [5.41, 5.74) is 0. The number of rotatable bonds is 6. The van der Waals surface area contributed by atoms with Gasteiger partial charge in [-0.2, -0.15) is 16.1 Å². The van der Waals surface area contributed by atoms with Crippen LogP contribution in [0.2, 0.25) is 0 Å². The molecule has 2 rings (SSSR count). The zero-order chi connectivity index (χ0) is 13.7. The summed E-state index contributed by atoms with van der Waals surface area (Å²) in [4.78, 5) is 1.13. The van der Waals surface area contributed by atoms with Crippen LogP contribution in [0, 0.1) is 0 Å². The van der Waals surface area contributed by atoms with E-state index in [9.17, 15) is 8.42 Å². The summed E-state index contributed by atoms with van der Waals surface area (Å²) in [5, 5.41) is 3.25. The maximum Gasteiger partial charge on any atom is 0.252 e. The molecule has 0 spiro atoms. The molecule has 1 saturated heterocycles. The highest BCUT2D eigenvalue weighted by molar-refractivity contribution is 7.99. The van der Waals surface area contributed by atoms with Crippen LogP contribution in [0.1, 0.15) is 11.8 Å². The topological polar surface area (TPSA) is 49.4 Å². The molecule has 0 radical (unpaired) electrons. The van der Waals surface area contributed by atoms with E-state index in [1.807, 2.05) is 17.8 Å². The third-order valence-electron chi connectivity index (χ3n) is 3.00. The lowest BCUT2D eigenvalue weighted by Crippen LogP contribution is -2.37. The van der Waals surface area contributed by atoms with Gasteiger partial charge in [0.2, 0.25) is 0 Å². The number of hydrogen-bond acceptors (Lipinski definition) is 5. The second-order valence-electron chi connectivity index (χ2n) is 4.34. The highest BCUT2D eigenvalue weighted by Crippen LogP contribution is 2.26. The number of thioether (sulfide) groups is 1. The third kappa shape index (κ3) is 3.95. The van der Waals surface area contributed by atoms with Gasteiger partial charge in [0.05, 0.1) is 0 Å². The van der Waals surface area contributed by atoms with Crippen LogP contribution in [0.3, 0.4) is 0 Å². The minimum Gasteiger partial charge on any atom is -0.317 e. The summed E-state index contributed by atoms with van der Waals surface area (Å²) in [6, 6.07) is 3.69. The van der Waals surface area contributed by atoms with E-state index in [4.69, 9.17) is 0 Å². The molecule has 1 aliphatic heterocycles. The fourth-order valence-corrected chi connectivity index (χ4v) is 6.02. The van der Waals surface area contributed by atoms with Crippen LogP contribution in [0.4, 0.5) is 0 Å². The van der Waals surface area contributed by atoms with E-state index in [2.05, 4.69) is 12.2 Å². The predicted molar refractivity (Wildman–Crippen MR) is 82.7 cm³/mol. The molecule has 2 heterocycles. The maximum absolute atomic E-state index is 12.4. The largest absolute Gasteiger partial charge is 0.317 e. The minimum atomic E-state index is -3.25. The van der Waals surface area contributed by atoms with Gasteiger partial charge in [-0.1, -0.05) is 6.92 Å². The standard InChI is InChI=1S/C12H20N2O2S3/c1-2-13-6-5-11-3-4-12(18-11)19(15,16)14-7-9-17-10-8-14/h3-4,13H,2,5-10H2,1H3. The number of likely N-dealkylation sites (N-methyl/N-ethyl adjacent to an activating group) is 1. The molecule has 19 heavy (non-hydrogen) atoms. The van der Waals surface area contributed by atoms with Gasteiger partial charge in [0, 0.05) is 29.5 Å². The van der Waals surface area contributed by atoms with Crippen molar-refractivity contribution in [3.8, 4) is 0 Å². The van der Waals surface area contributed by atoms with E-state index >= 15 is 0 Å².